The van der Waals surface area contributed by atoms with Gasteiger partial charge in [0.1, 0.15) is 5.75 Å². The summed E-state index contributed by atoms with van der Waals surface area (Å²) < 4.78 is 5.14. The quantitative estimate of drug-likeness (QED) is 0.753. The van der Waals surface area contributed by atoms with Gasteiger partial charge in [-0.25, -0.2) is 0 Å². The zero-order chi connectivity index (χ0) is 18.2. The third-order valence-corrected chi connectivity index (χ3v) is 4.48. The van der Waals surface area contributed by atoms with Crippen molar-refractivity contribution in [2.75, 3.05) is 13.7 Å². The molecule has 5 heteroatoms. The minimum absolute atomic E-state index is 0.00367. The number of methoxy groups -OCH3 is 1. The van der Waals surface area contributed by atoms with Crippen molar-refractivity contribution in [2.24, 2.45) is 0 Å². The Hall–Kier alpha value is -2.04. The lowest BCUT2D eigenvalue weighted by atomic mass is 10.1. The van der Waals surface area contributed by atoms with E-state index in [9.17, 15) is 4.79 Å². The van der Waals surface area contributed by atoms with Gasteiger partial charge in [0.2, 0.25) is 5.91 Å². The van der Waals surface area contributed by atoms with Crippen LogP contribution < -0.4 is 15.4 Å². The van der Waals surface area contributed by atoms with Crippen LogP contribution in [0.25, 0.3) is 0 Å². The van der Waals surface area contributed by atoms with E-state index in [2.05, 4.69) is 10.6 Å². The normalized spacial score (nSPS) is 13.1. The molecule has 2 rings (SSSR count). The molecule has 0 radical (unpaired) electrons. The second kappa shape index (κ2) is 9.44. The molecule has 0 saturated carbocycles. The van der Waals surface area contributed by atoms with Crippen LogP contribution >= 0.6 is 11.6 Å². The van der Waals surface area contributed by atoms with Gasteiger partial charge in [-0.05, 0) is 49.6 Å². The van der Waals surface area contributed by atoms with Crippen molar-refractivity contribution >= 4 is 17.5 Å². The molecule has 134 valence electrons. The van der Waals surface area contributed by atoms with Gasteiger partial charge >= 0.3 is 0 Å². The van der Waals surface area contributed by atoms with Gasteiger partial charge in [0.05, 0.1) is 13.2 Å². The van der Waals surface area contributed by atoms with E-state index < -0.39 is 0 Å². The summed E-state index contributed by atoms with van der Waals surface area (Å²) in [6, 6.07) is 15.2. The van der Waals surface area contributed by atoms with Crippen LogP contribution in [-0.2, 0) is 11.2 Å². The van der Waals surface area contributed by atoms with E-state index in [-0.39, 0.29) is 18.0 Å². The summed E-state index contributed by atoms with van der Waals surface area (Å²) in [7, 11) is 1.65. The van der Waals surface area contributed by atoms with Crippen LogP contribution in [0.2, 0.25) is 5.02 Å². The molecule has 25 heavy (non-hydrogen) atoms. The number of carbonyl (C=O) groups excluding carboxylic acids is 1. The van der Waals surface area contributed by atoms with Gasteiger partial charge in [0.25, 0.3) is 0 Å². The minimum Gasteiger partial charge on any atom is -0.497 e. The molecule has 0 fully saturated rings. The number of rotatable bonds is 8. The lowest BCUT2D eigenvalue weighted by molar-refractivity contribution is -0.122. The summed E-state index contributed by atoms with van der Waals surface area (Å²) in [4.78, 5) is 12.3. The second-order valence-corrected chi connectivity index (χ2v) is 6.43. The summed E-state index contributed by atoms with van der Waals surface area (Å²) in [5.74, 6) is 0.812. The fraction of sp³-hybridized carbons (Fsp3) is 0.350. The Morgan fingerprint density at radius 2 is 1.80 bits per heavy atom. The van der Waals surface area contributed by atoms with Crippen LogP contribution in [0.4, 0.5) is 0 Å². The minimum atomic E-state index is -0.304. The molecule has 0 aromatic heterocycles. The van der Waals surface area contributed by atoms with Gasteiger partial charge in [-0.1, -0.05) is 41.9 Å². The van der Waals surface area contributed by atoms with E-state index in [1.807, 2.05) is 62.4 Å². The van der Waals surface area contributed by atoms with Crippen LogP contribution in [0, 0.1) is 0 Å². The fourth-order valence-corrected chi connectivity index (χ4v) is 2.94. The zero-order valence-corrected chi connectivity index (χ0v) is 15.6. The molecule has 2 N–H and O–H groups in total. The number of benzene rings is 2. The molecule has 2 atom stereocenters. The average Bonchev–Trinajstić information content (AvgIpc) is 2.62. The number of amides is 1. The standard InChI is InChI=1S/C20H25ClN2O2/c1-14(18-6-4-5-7-19(18)21)23-15(2)20(24)22-13-12-16-8-10-17(25-3)11-9-16/h4-11,14-15,23H,12-13H2,1-3H3,(H,22,24). The van der Waals surface area contributed by atoms with Gasteiger partial charge in [-0.15, -0.1) is 0 Å². The lowest BCUT2D eigenvalue weighted by Gasteiger charge is -2.20. The topological polar surface area (TPSA) is 50.4 Å². The molecule has 0 aliphatic carbocycles. The predicted molar refractivity (Wildman–Crippen MR) is 102 cm³/mol. The fourth-order valence-electron chi connectivity index (χ4n) is 2.64. The van der Waals surface area contributed by atoms with Crippen molar-refractivity contribution in [3.63, 3.8) is 0 Å². The molecule has 4 nitrogen and oxygen atoms in total. The van der Waals surface area contributed by atoms with Crippen LogP contribution in [-0.4, -0.2) is 25.6 Å². The Morgan fingerprint density at radius 3 is 2.44 bits per heavy atom. The van der Waals surface area contributed by atoms with Crippen LogP contribution in [0.15, 0.2) is 48.5 Å². The highest BCUT2D eigenvalue weighted by atomic mass is 35.5. The molecule has 0 bridgehead atoms. The number of hydrogen-bond acceptors (Lipinski definition) is 3. The van der Waals surface area contributed by atoms with E-state index in [0.717, 1.165) is 23.3 Å². The summed E-state index contributed by atoms with van der Waals surface area (Å²) in [6.07, 6.45) is 0.780. The van der Waals surface area contributed by atoms with Crippen molar-refractivity contribution in [1.82, 2.24) is 10.6 Å². The Labute approximate surface area is 154 Å². The Balaban J connectivity index is 1.78. The smallest absolute Gasteiger partial charge is 0.236 e. The van der Waals surface area contributed by atoms with Crippen LogP contribution in [0.3, 0.4) is 0 Å². The Bertz CT molecular complexity index is 688. The third kappa shape index (κ3) is 5.76. The van der Waals surface area contributed by atoms with Crippen molar-refractivity contribution in [3.8, 4) is 5.75 Å². The van der Waals surface area contributed by atoms with Crippen molar-refractivity contribution in [2.45, 2.75) is 32.4 Å². The first kappa shape index (κ1) is 19.3. The Morgan fingerprint density at radius 1 is 1.12 bits per heavy atom. The Kier molecular flexibility index (Phi) is 7.29. The lowest BCUT2D eigenvalue weighted by Crippen LogP contribution is -2.43. The number of nitrogens with one attached hydrogen (secondary N) is 2. The van der Waals surface area contributed by atoms with E-state index in [0.29, 0.717) is 11.6 Å². The summed E-state index contributed by atoms with van der Waals surface area (Å²) in [5.41, 5.74) is 2.15. The molecule has 0 aliphatic heterocycles. The first-order valence-electron chi connectivity index (χ1n) is 8.42. The third-order valence-electron chi connectivity index (χ3n) is 4.14. The van der Waals surface area contributed by atoms with Crippen LogP contribution in [0.5, 0.6) is 5.75 Å². The molecule has 0 spiro atoms. The number of carbonyl (C=O) groups is 1. The highest BCUT2D eigenvalue weighted by Gasteiger charge is 2.17. The monoisotopic (exact) mass is 360 g/mol. The number of hydrogen-bond donors (Lipinski definition) is 2. The molecule has 2 aromatic rings. The van der Waals surface area contributed by atoms with Crippen molar-refractivity contribution in [3.05, 3.63) is 64.7 Å². The van der Waals surface area contributed by atoms with E-state index >= 15 is 0 Å². The first-order valence-corrected chi connectivity index (χ1v) is 8.80. The summed E-state index contributed by atoms with van der Waals surface area (Å²) >= 11 is 6.21. The van der Waals surface area contributed by atoms with E-state index in [1.165, 1.54) is 0 Å². The molecule has 2 unspecified atom stereocenters. The second-order valence-electron chi connectivity index (χ2n) is 6.02. The highest BCUT2D eigenvalue weighted by molar-refractivity contribution is 6.31. The predicted octanol–water partition coefficient (Wildman–Crippen LogP) is 3.75. The highest BCUT2D eigenvalue weighted by Crippen LogP contribution is 2.22. The molecule has 0 saturated heterocycles. The van der Waals surface area contributed by atoms with Crippen molar-refractivity contribution < 1.29 is 9.53 Å². The van der Waals surface area contributed by atoms with Gasteiger partial charge < -0.3 is 10.1 Å². The number of ether oxygens (including phenoxy) is 1. The van der Waals surface area contributed by atoms with E-state index in [4.69, 9.17) is 16.3 Å². The van der Waals surface area contributed by atoms with Gasteiger partial charge in [-0.2, -0.15) is 0 Å². The largest absolute Gasteiger partial charge is 0.497 e. The molecular weight excluding hydrogens is 336 g/mol. The maximum atomic E-state index is 12.3. The molecule has 2 aromatic carbocycles. The number of halogens is 1. The molecule has 1 amide bonds. The molecule has 0 heterocycles. The van der Waals surface area contributed by atoms with Gasteiger partial charge in [0, 0.05) is 17.6 Å². The summed E-state index contributed by atoms with van der Waals surface area (Å²) in [5, 5.41) is 6.96. The molecular formula is C20H25ClN2O2. The maximum Gasteiger partial charge on any atom is 0.236 e. The van der Waals surface area contributed by atoms with Crippen molar-refractivity contribution in [1.29, 1.82) is 0 Å². The maximum absolute atomic E-state index is 12.3. The van der Waals surface area contributed by atoms with Gasteiger partial charge in [0.15, 0.2) is 0 Å². The SMILES string of the molecule is COc1ccc(CCNC(=O)C(C)NC(C)c2ccccc2Cl)cc1. The van der Waals surface area contributed by atoms with Crippen LogP contribution in [0.1, 0.15) is 31.0 Å². The first-order chi connectivity index (χ1) is 12.0. The van der Waals surface area contributed by atoms with E-state index in [1.54, 1.807) is 7.11 Å². The molecule has 0 aliphatic rings. The average molecular weight is 361 g/mol. The zero-order valence-electron chi connectivity index (χ0n) is 14.9. The summed E-state index contributed by atoms with van der Waals surface area (Å²) in [6.45, 7) is 4.45. The van der Waals surface area contributed by atoms with Gasteiger partial charge in [-0.3, -0.25) is 10.1 Å².